The maximum absolute atomic E-state index is 6.19. The molecule has 0 saturated carbocycles. The van der Waals surface area contributed by atoms with Gasteiger partial charge in [0.25, 0.3) is 6.23 Å². The number of hydrogen-bond donors (Lipinski definition) is 1. The Morgan fingerprint density at radius 1 is 1.08 bits per heavy atom. The molecule has 2 aromatic carbocycles. The van der Waals surface area contributed by atoms with Crippen molar-refractivity contribution in [3.63, 3.8) is 0 Å². The third kappa shape index (κ3) is 2.59. The summed E-state index contributed by atoms with van der Waals surface area (Å²) in [5.74, 6) is 0. The molecule has 0 aromatic heterocycles. The van der Waals surface area contributed by atoms with Crippen LogP contribution in [-0.4, -0.2) is 21.5 Å². The van der Waals surface area contributed by atoms with Crippen LogP contribution < -0.4 is 5.73 Å². The van der Waals surface area contributed by atoms with E-state index in [4.69, 9.17) is 15.6 Å². The largest absolute Gasteiger partial charge is 0.373 e. The summed E-state index contributed by atoms with van der Waals surface area (Å²) in [6, 6.07) is 20.3. The molecule has 126 valence electrons. The van der Waals surface area contributed by atoms with Crippen molar-refractivity contribution in [3.8, 4) is 0 Å². The van der Waals surface area contributed by atoms with Gasteiger partial charge in [-0.3, -0.25) is 0 Å². The molecule has 0 amide bonds. The highest BCUT2D eigenvalue weighted by atomic mass is 32.2. The smallest absolute Gasteiger partial charge is 0.306 e. The Bertz CT molecular complexity index is 864. The number of ether oxygens (including phenoxy) is 1. The van der Waals surface area contributed by atoms with Gasteiger partial charge in [-0.25, -0.2) is 0 Å². The van der Waals surface area contributed by atoms with Crippen LogP contribution in [0.2, 0.25) is 0 Å². The summed E-state index contributed by atoms with van der Waals surface area (Å²) >= 11 is 1.40. The first-order valence-electron chi connectivity index (χ1n) is 8.19. The van der Waals surface area contributed by atoms with E-state index in [1.165, 1.54) is 11.8 Å². The summed E-state index contributed by atoms with van der Waals surface area (Å²) < 4.78 is 6.33. The van der Waals surface area contributed by atoms with E-state index in [0.717, 1.165) is 22.0 Å². The van der Waals surface area contributed by atoms with E-state index in [1.54, 1.807) is 0 Å². The van der Waals surface area contributed by atoms with Crippen molar-refractivity contribution < 1.29 is 9.33 Å². The number of fused-ring (bicyclic) bond motifs is 1. The summed E-state index contributed by atoms with van der Waals surface area (Å²) in [6.07, 6.45) is 1.54. The third-order valence-electron chi connectivity index (χ3n) is 4.23. The van der Waals surface area contributed by atoms with E-state index in [0.29, 0.717) is 11.8 Å². The number of aliphatic imine (C=N–C) groups is 1. The molecule has 2 aliphatic rings. The molecule has 2 heterocycles. The highest BCUT2D eigenvalue weighted by Gasteiger charge is 2.57. The SMILES string of the molecule is CCOC(c1ccccc1)[N+]12N=C(N)SC1=NC=C2c1ccccc1. The molecule has 2 aromatic rings. The molecule has 6 heteroatoms. The molecule has 0 aliphatic carbocycles. The second-order valence-corrected chi connectivity index (χ2v) is 6.72. The van der Waals surface area contributed by atoms with Gasteiger partial charge in [0.2, 0.25) is 5.17 Å². The van der Waals surface area contributed by atoms with Gasteiger partial charge in [-0.05, 0) is 24.2 Å². The predicted molar refractivity (Wildman–Crippen MR) is 102 cm³/mol. The number of hydrogen-bond acceptors (Lipinski definition) is 5. The molecule has 0 spiro atoms. The Morgan fingerprint density at radius 3 is 2.44 bits per heavy atom. The first-order valence-corrected chi connectivity index (χ1v) is 9.00. The minimum Gasteiger partial charge on any atom is -0.373 e. The summed E-state index contributed by atoms with van der Waals surface area (Å²) in [5.41, 5.74) is 9.16. The maximum atomic E-state index is 6.19. The minimum absolute atomic E-state index is 0.137. The van der Waals surface area contributed by atoms with Gasteiger partial charge >= 0.3 is 5.17 Å². The summed E-state index contributed by atoms with van der Waals surface area (Å²) in [4.78, 5) is 4.62. The van der Waals surface area contributed by atoms with Gasteiger partial charge in [0, 0.05) is 22.9 Å². The van der Waals surface area contributed by atoms with Crippen LogP contribution in [0, 0.1) is 0 Å². The molecule has 0 radical (unpaired) electrons. The van der Waals surface area contributed by atoms with Crippen molar-refractivity contribution >= 4 is 27.8 Å². The highest BCUT2D eigenvalue weighted by molar-refractivity contribution is 8.26. The average molecular weight is 351 g/mol. The van der Waals surface area contributed by atoms with E-state index in [2.05, 4.69) is 29.3 Å². The normalized spacial score (nSPS) is 22.8. The molecule has 0 bridgehead atoms. The van der Waals surface area contributed by atoms with Crippen molar-refractivity contribution in [1.82, 2.24) is 0 Å². The minimum atomic E-state index is -0.340. The van der Waals surface area contributed by atoms with Crippen LogP contribution in [0.15, 0.2) is 77.0 Å². The number of rotatable bonds is 5. The molecular formula is C19H19N4OS+. The van der Waals surface area contributed by atoms with E-state index in [1.807, 2.05) is 49.5 Å². The van der Waals surface area contributed by atoms with Crippen LogP contribution in [0.3, 0.4) is 0 Å². The Labute approximate surface area is 151 Å². The number of nitrogens with two attached hydrogens (primary N) is 1. The van der Waals surface area contributed by atoms with Crippen LogP contribution in [-0.2, 0) is 4.74 Å². The fourth-order valence-electron chi connectivity index (χ4n) is 3.21. The van der Waals surface area contributed by atoms with Crippen molar-refractivity contribution in [1.29, 1.82) is 0 Å². The number of benzene rings is 2. The van der Waals surface area contributed by atoms with E-state index in [9.17, 15) is 0 Å². The second-order valence-electron chi connectivity index (χ2n) is 5.74. The molecule has 2 unspecified atom stereocenters. The molecule has 5 nitrogen and oxygen atoms in total. The van der Waals surface area contributed by atoms with Gasteiger partial charge in [-0.15, -0.1) is 0 Å². The van der Waals surface area contributed by atoms with Crippen LogP contribution >= 0.6 is 11.8 Å². The number of quaternary nitrogens is 1. The fourth-order valence-corrected chi connectivity index (χ4v) is 4.05. The summed E-state index contributed by atoms with van der Waals surface area (Å²) in [6.45, 7) is 2.55. The van der Waals surface area contributed by atoms with Crippen LogP contribution in [0.25, 0.3) is 5.70 Å². The highest BCUT2D eigenvalue weighted by Crippen LogP contribution is 2.49. The molecule has 2 aliphatic heterocycles. The molecule has 4 rings (SSSR count). The predicted octanol–water partition coefficient (Wildman–Crippen LogP) is 3.88. The molecular weight excluding hydrogens is 332 g/mol. The number of thioether (sulfide) groups is 1. The van der Waals surface area contributed by atoms with Gasteiger partial charge < -0.3 is 10.5 Å². The zero-order valence-corrected chi connectivity index (χ0v) is 14.7. The van der Waals surface area contributed by atoms with Crippen molar-refractivity contribution in [3.05, 3.63) is 78.0 Å². The van der Waals surface area contributed by atoms with Crippen LogP contribution in [0.4, 0.5) is 0 Å². The Kier molecular flexibility index (Phi) is 4.17. The van der Waals surface area contributed by atoms with Crippen molar-refractivity contribution in [2.45, 2.75) is 13.2 Å². The molecule has 2 atom stereocenters. The average Bonchev–Trinajstić information content (AvgIpc) is 3.15. The lowest BCUT2D eigenvalue weighted by Crippen LogP contribution is -2.45. The zero-order chi connectivity index (χ0) is 17.3. The first kappa shape index (κ1) is 16.1. The quantitative estimate of drug-likeness (QED) is 0.832. The Hall–Kier alpha value is -2.41. The first-order chi connectivity index (χ1) is 12.3. The number of amidine groups is 2. The Balaban J connectivity index is 1.89. The maximum Gasteiger partial charge on any atom is 0.306 e. The monoisotopic (exact) mass is 351 g/mol. The lowest BCUT2D eigenvalue weighted by molar-refractivity contribution is -0.832. The number of nitrogens with zero attached hydrogens (tertiary/aromatic N) is 3. The molecule has 0 saturated heterocycles. The van der Waals surface area contributed by atoms with E-state index in [-0.39, 0.29) is 10.8 Å². The molecule has 0 fully saturated rings. The van der Waals surface area contributed by atoms with Crippen LogP contribution in [0.1, 0.15) is 24.3 Å². The Morgan fingerprint density at radius 2 is 1.76 bits per heavy atom. The van der Waals surface area contributed by atoms with Crippen molar-refractivity contribution in [2.24, 2.45) is 15.8 Å². The van der Waals surface area contributed by atoms with Gasteiger partial charge in [0.1, 0.15) is 0 Å². The van der Waals surface area contributed by atoms with E-state index < -0.39 is 0 Å². The van der Waals surface area contributed by atoms with Gasteiger partial charge in [0.15, 0.2) is 5.70 Å². The lowest BCUT2D eigenvalue weighted by atomic mass is 10.1. The third-order valence-corrected chi connectivity index (χ3v) is 5.08. The lowest BCUT2D eigenvalue weighted by Gasteiger charge is -2.33. The zero-order valence-electron chi connectivity index (χ0n) is 13.9. The molecule has 2 N–H and O–H groups in total. The van der Waals surface area contributed by atoms with Gasteiger partial charge in [0.05, 0.1) is 12.8 Å². The van der Waals surface area contributed by atoms with Crippen LogP contribution in [0.5, 0.6) is 0 Å². The fraction of sp³-hybridized carbons (Fsp3) is 0.158. The summed E-state index contributed by atoms with van der Waals surface area (Å²) in [7, 11) is 0. The standard InChI is InChI=1S/C19H19N4OS/c1-2-24-17(15-11-7-4-8-12-15)23-16(14-9-5-3-6-10-14)13-21-19(23)25-18(20)22-23/h3-13,17H,2H2,1H3,(H2,20,22)/q+1. The second kappa shape index (κ2) is 6.48. The summed E-state index contributed by atoms with van der Waals surface area (Å²) in [5, 5.41) is 6.13. The van der Waals surface area contributed by atoms with Gasteiger partial charge in [-0.1, -0.05) is 53.1 Å². The topological polar surface area (TPSA) is 60.0 Å². The van der Waals surface area contributed by atoms with E-state index >= 15 is 0 Å². The van der Waals surface area contributed by atoms with Crippen molar-refractivity contribution in [2.75, 3.05) is 6.61 Å². The molecule has 25 heavy (non-hydrogen) atoms. The van der Waals surface area contributed by atoms with Gasteiger partial charge in [-0.2, -0.15) is 4.99 Å².